The molecule has 0 amide bonds. The first-order valence-electron chi connectivity index (χ1n) is 5.26. The predicted octanol–water partition coefficient (Wildman–Crippen LogP) is 3.41. The smallest absolute Gasteiger partial charge is 0.0877 e. The van der Waals surface area contributed by atoms with E-state index in [-0.39, 0.29) is 11.0 Å². The van der Waals surface area contributed by atoms with Crippen LogP contribution in [0.4, 0.5) is 0 Å². The van der Waals surface area contributed by atoms with Crippen LogP contribution < -0.4 is 0 Å². The monoisotopic (exact) mass is 279 g/mol. The third-order valence-corrected chi connectivity index (χ3v) is 3.93. The highest BCUT2D eigenvalue weighted by molar-refractivity contribution is 9.10. The van der Waals surface area contributed by atoms with Crippen LogP contribution in [0.3, 0.4) is 0 Å². The number of nitriles is 1. The zero-order chi connectivity index (χ0) is 11.8. The maximum atomic E-state index is 9.39. The van der Waals surface area contributed by atoms with Crippen LogP contribution in [0.1, 0.15) is 25.3 Å². The van der Waals surface area contributed by atoms with Gasteiger partial charge in [0.05, 0.1) is 17.1 Å². The molecule has 3 heteroatoms. The van der Waals surface area contributed by atoms with Crippen molar-refractivity contribution >= 4 is 15.9 Å². The quantitative estimate of drug-likeness (QED) is 0.831. The largest absolute Gasteiger partial charge is 0.378 e. The Morgan fingerprint density at radius 1 is 1.44 bits per heavy atom. The highest BCUT2D eigenvalue weighted by Gasteiger charge is 2.53. The van der Waals surface area contributed by atoms with Crippen molar-refractivity contribution in [3.8, 4) is 6.07 Å². The molecule has 84 valence electrons. The third-order valence-electron chi connectivity index (χ3n) is 3.44. The van der Waals surface area contributed by atoms with Crippen molar-refractivity contribution in [3.05, 3.63) is 34.3 Å². The number of nitrogens with zero attached hydrogens (tertiary/aromatic N) is 1. The number of methoxy groups -OCH3 is 1. The molecule has 0 radical (unpaired) electrons. The lowest BCUT2D eigenvalue weighted by Gasteiger charge is -2.50. The Hall–Kier alpha value is -0.850. The van der Waals surface area contributed by atoms with E-state index in [1.807, 2.05) is 24.3 Å². The van der Waals surface area contributed by atoms with Crippen LogP contribution in [0.25, 0.3) is 0 Å². The maximum Gasteiger partial charge on any atom is 0.0877 e. The Kier molecular flexibility index (Phi) is 2.81. The van der Waals surface area contributed by atoms with E-state index in [0.29, 0.717) is 0 Å². The molecule has 1 saturated carbocycles. The van der Waals surface area contributed by atoms with Gasteiger partial charge in [-0.05, 0) is 37.5 Å². The van der Waals surface area contributed by atoms with Gasteiger partial charge in [0.1, 0.15) is 0 Å². The first-order chi connectivity index (χ1) is 7.53. The van der Waals surface area contributed by atoms with E-state index in [1.165, 1.54) is 0 Å². The van der Waals surface area contributed by atoms with Crippen molar-refractivity contribution in [1.29, 1.82) is 5.26 Å². The van der Waals surface area contributed by atoms with E-state index < -0.39 is 0 Å². The summed E-state index contributed by atoms with van der Waals surface area (Å²) in [5.41, 5.74) is 0.575. The summed E-state index contributed by atoms with van der Waals surface area (Å²) in [5, 5.41) is 9.39. The molecular formula is C13H14BrNO. The first-order valence-corrected chi connectivity index (χ1v) is 6.05. The van der Waals surface area contributed by atoms with Gasteiger partial charge in [-0.15, -0.1) is 0 Å². The summed E-state index contributed by atoms with van der Waals surface area (Å²) < 4.78 is 6.44. The number of rotatable bonds is 2. The van der Waals surface area contributed by atoms with Crippen LogP contribution >= 0.6 is 15.9 Å². The van der Waals surface area contributed by atoms with Gasteiger partial charge in [0.2, 0.25) is 0 Å². The van der Waals surface area contributed by atoms with Crippen molar-refractivity contribution in [2.75, 3.05) is 7.11 Å². The molecule has 0 bridgehead atoms. The Morgan fingerprint density at radius 3 is 2.62 bits per heavy atom. The minimum Gasteiger partial charge on any atom is -0.378 e. The summed E-state index contributed by atoms with van der Waals surface area (Å²) in [7, 11) is 1.71. The Morgan fingerprint density at radius 2 is 2.12 bits per heavy atom. The average molecular weight is 280 g/mol. The molecule has 0 N–H and O–H groups in total. The van der Waals surface area contributed by atoms with Crippen molar-refractivity contribution < 1.29 is 4.74 Å². The van der Waals surface area contributed by atoms with Gasteiger partial charge >= 0.3 is 0 Å². The van der Waals surface area contributed by atoms with Crippen LogP contribution in [0.15, 0.2) is 28.7 Å². The summed E-state index contributed by atoms with van der Waals surface area (Å²) in [6.07, 6.45) is 1.53. The van der Waals surface area contributed by atoms with Gasteiger partial charge in [-0.2, -0.15) is 5.26 Å². The van der Waals surface area contributed by atoms with E-state index in [1.54, 1.807) is 7.11 Å². The SMILES string of the molecule is COC1(C)CC(C#N)(c2cccc(Br)c2)C1. The van der Waals surface area contributed by atoms with Crippen LogP contribution in [0, 0.1) is 11.3 Å². The predicted molar refractivity (Wildman–Crippen MR) is 66.1 cm³/mol. The highest BCUT2D eigenvalue weighted by Crippen LogP contribution is 2.51. The van der Waals surface area contributed by atoms with E-state index in [0.717, 1.165) is 22.9 Å². The fourth-order valence-corrected chi connectivity index (χ4v) is 2.90. The molecule has 0 saturated heterocycles. The Bertz CT molecular complexity index is 443. The van der Waals surface area contributed by atoms with E-state index >= 15 is 0 Å². The average Bonchev–Trinajstić information content (AvgIpc) is 2.24. The van der Waals surface area contributed by atoms with Gasteiger partial charge in [-0.25, -0.2) is 0 Å². The molecule has 0 aliphatic heterocycles. The molecule has 1 aromatic carbocycles. The number of hydrogen-bond acceptors (Lipinski definition) is 2. The minimum absolute atomic E-state index is 0.141. The fraction of sp³-hybridized carbons (Fsp3) is 0.462. The van der Waals surface area contributed by atoms with Gasteiger partial charge in [-0.1, -0.05) is 28.1 Å². The maximum absolute atomic E-state index is 9.39. The molecule has 0 spiro atoms. The normalized spacial score (nSPS) is 32.9. The molecule has 0 heterocycles. The fourth-order valence-electron chi connectivity index (χ4n) is 2.50. The molecule has 0 unspecified atom stereocenters. The zero-order valence-electron chi connectivity index (χ0n) is 9.46. The van der Waals surface area contributed by atoms with E-state index in [4.69, 9.17) is 4.74 Å². The van der Waals surface area contributed by atoms with Gasteiger partial charge in [-0.3, -0.25) is 0 Å². The zero-order valence-corrected chi connectivity index (χ0v) is 11.0. The van der Waals surface area contributed by atoms with Gasteiger partial charge < -0.3 is 4.74 Å². The number of halogens is 1. The standard InChI is InChI=1S/C13H14BrNO/c1-12(16-2)7-13(8-12,9-15)10-4-3-5-11(14)6-10/h3-6H,7-8H2,1-2H3. The molecule has 2 rings (SSSR count). The highest BCUT2D eigenvalue weighted by atomic mass is 79.9. The summed E-state index contributed by atoms with van der Waals surface area (Å²) in [5.74, 6) is 0. The summed E-state index contributed by atoms with van der Waals surface area (Å²) in [6, 6.07) is 10.4. The van der Waals surface area contributed by atoms with Crippen molar-refractivity contribution in [3.63, 3.8) is 0 Å². The molecule has 1 aromatic rings. The van der Waals surface area contributed by atoms with Crippen molar-refractivity contribution in [1.82, 2.24) is 0 Å². The molecular weight excluding hydrogens is 266 g/mol. The Labute approximate surface area is 104 Å². The molecule has 0 atom stereocenters. The minimum atomic E-state index is -0.367. The molecule has 0 aromatic heterocycles. The van der Waals surface area contributed by atoms with Gasteiger partial charge in [0, 0.05) is 11.6 Å². The lowest BCUT2D eigenvalue weighted by molar-refractivity contribution is -0.0892. The second-order valence-corrected chi connectivity index (χ2v) is 5.63. The second-order valence-electron chi connectivity index (χ2n) is 4.71. The molecule has 1 fully saturated rings. The number of benzene rings is 1. The number of ether oxygens (including phenoxy) is 1. The lowest BCUT2D eigenvalue weighted by atomic mass is 9.57. The van der Waals surface area contributed by atoms with E-state index in [2.05, 4.69) is 28.9 Å². The summed E-state index contributed by atoms with van der Waals surface area (Å²) in [6.45, 7) is 2.06. The summed E-state index contributed by atoms with van der Waals surface area (Å²) >= 11 is 3.44. The summed E-state index contributed by atoms with van der Waals surface area (Å²) in [4.78, 5) is 0. The van der Waals surface area contributed by atoms with Crippen molar-refractivity contribution in [2.24, 2.45) is 0 Å². The molecule has 16 heavy (non-hydrogen) atoms. The van der Waals surface area contributed by atoms with Crippen LogP contribution in [-0.4, -0.2) is 12.7 Å². The first kappa shape index (κ1) is 11.6. The topological polar surface area (TPSA) is 33.0 Å². The van der Waals surface area contributed by atoms with Crippen LogP contribution in [0.5, 0.6) is 0 Å². The van der Waals surface area contributed by atoms with Crippen LogP contribution in [-0.2, 0) is 10.2 Å². The number of hydrogen-bond donors (Lipinski definition) is 0. The third kappa shape index (κ3) is 1.77. The van der Waals surface area contributed by atoms with Gasteiger partial charge in [0.15, 0.2) is 0 Å². The van der Waals surface area contributed by atoms with Crippen molar-refractivity contribution in [2.45, 2.75) is 30.8 Å². The lowest BCUT2D eigenvalue weighted by Crippen LogP contribution is -2.53. The second kappa shape index (κ2) is 3.87. The molecule has 1 aliphatic carbocycles. The Balaban J connectivity index is 2.30. The molecule has 1 aliphatic rings. The van der Waals surface area contributed by atoms with E-state index in [9.17, 15) is 5.26 Å². The molecule has 2 nitrogen and oxygen atoms in total. The van der Waals surface area contributed by atoms with Crippen LogP contribution in [0.2, 0.25) is 0 Å². The van der Waals surface area contributed by atoms with Gasteiger partial charge in [0.25, 0.3) is 0 Å².